The van der Waals surface area contributed by atoms with Crippen LogP contribution in [0.4, 0.5) is 17.1 Å². The van der Waals surface area contributed by atoms with Crippen molar-refractivity contribution in [3.8, 4) is 5.75 Å². The fourth-order valence-corrected chi connectivity index (χ4v) is 2.90. The third-order valence-corrected chi connectivity index (χ3v) is 4.71. The zero-order chi connectivity index (χ0) is 22.5. The second kappa shape index (κ2) is 13.3. The van der Waals surface area contributed by atoms with Gasteiger partial charge in [-0.05, 0) is 61.2 Å². The first-order chi connectivity index (χ1) is 15.0. The molecule has 0 atom stereocenters. The largest absolute Gasteiger partial charge is 0.494 e. The first-order valence-electron chi connectivity index (χ1n) is 11.1. The van der Waals surface area contributed by atoms with Crippen LogP contribution in [-0.2, 0) is 9.59 Å². The van der Waals surface area contributed by atoms with Crippen LogP contribution in [0.1, 0.15) is 52.9 Å². The molecule has 2 aromatic rings. The maximum atomic E-state index is 12.3. The number of hydrogen-bond acceptors (Lipinski definition) is 4. The molecule has 0 saturated carbocycles. The maximum Gasteiger partial charge on any atom is 0.243 e. The summed E-state index contributed by atoms with van der Waals surface area (Å²) < 4.78 is 5.69. The van der Waals surface area contributed by atoms with Crippen molar-refractivity contribution in [2.24, 2.45) is 5.92 Å². The van der Waals surface area contributed by atoms with Crippen LogP contribution < -0.4 is 20.7 Å². The molecule has 0 heterocycles. The Morgan fingerprint density at radius 2 is 1.61 bits per heavy atom. The number of nitrogens with one attached hydrogen (secondary N) is 3. The first kappa shape index (κ1) is 24.3. The summed E-state index contributed by atoms with van der Waals surface area (Å²) in [6.45, 7) is 7.25. The topological polar surface area (TPSA) is 79.5 Å². The summed E-state index contributed by atoms with van der Waals surface area (Å²) in [5, 5.41) is 8.86. The molecule has 0 aromatic heterocycles. The molecule has 0 saturated heterocycles. The molecule has 0 aliphatic carbocycles. The molecule has 31 heavy (non-hydrogen) atoms. The van der Waals surface area contributed by atoms with Gasteiger partial charge in [0.25, 0.3) is 0 Å². The molecule has 2 rings (SSSR count). The Labute approximate surface area is 185 Å². The number of ether oxygens (including phenoxy) is 1. The number of anilines is 3. The van der Waals surface area contributed by atoms with E-state index in [9.17, 15) is 9.59 Å². The van der Waals surface area contributed by atoms with E-state index >= 15 is 0 Å². The van der Waals surface area contributed by atoms with Gasteiger partial charge in [-0.2, -0.15) is 0 Å². The van der Waals surface area contributed by atoms with E-state index in [1.807, 2.05) is 48.5 Å². The molecule has 3 N–H and O–H groups in total. The van der Waals surface area contributed by atoms with Gasteiger partial charge in [0.15, 0.2) is 0 Å². The molecule has 6 heteroatoms. The van der Waals surface area contributed by atoms with E-state index in [2.05, 4.69) is 36.7 Å². The Morgan fingerprint density at radius 1 is 0.903 bits per heavy atom. The summed E-state index contributed by atoms with van der Waals surface area (Å²) >= 11 is 0. The summed E-state index contributed by atoms with van der Waals surface area (Å²) in [4.78, 5) is 24.2. The highest BCUT2D eigenvalue weighted by Crippen LogP contribution is 2.18. The summed E-state index contributed by atoms with van der Waals surface area (Å²) in [5.74, 6) is 1.27. The third-order valence-electron chi connectivity index (χ3n) is 4.71. The van der Waals surface area contributed by atoms with E-state index < -0.39 is 0 Å². The lowest BCUT2D eigenvalue weighted by Crippen LogP contribution is -2.21. The number of carbonyl (C=O) groups is 2. The first-order valence-corrected chi connectivity index (χ1v) is 11.1. The standard InChI is InChI=1S/C25H35N3O3/c1-4-5-6-10-24(29)28-22-9-7-8-21(17-22)26-18-25(30)27-20-11-13-23(14-12-20)31-16-15-19(2)3/h7-9,11-14,17,19,26H,4-6,10,15-16,18H2,1-3H3,(H,27,30)(H,28,29). The van der Waals surface area contributed by atoms with E-state index in [0.717, 1.165) is 48.5 Å². The third kappa shape index (κ3) is 10.0. The molecule has 0 aliphatic rings. The van der Waals surface area contributed by atoms with Crippen molar-refractivity contribution in [1.29, 1.82) is 0 Å². The summed E-state index contributed by atoms with van der Waals surface area (Å²) in [5.41, 5.74) is 2.21. The molecule has 0 unspecified atom stereocenters. The minimum absolute atomic E-state index is 0.0139. The van der Waals surface area contributed by atoms with Gasteiger partial charge in [-0.3, -0.25) is 9.59 Å². The second-order valence-corrected chi connectivity index (χ2v) is 8.04. The number of rotatable bonds is 13. The van der Waals surface area contributed by atoms with Crippen molar-refractivity contribution in [1.82, 2.24) is 0 Å². The van der Waals surface area contributed by atoms with Gasteiger partial charge in [0.1, 0.15) is 5.75 Å². The van der Waals surface area contributed by atoms with Crippen molar-refractivity contribution < 1.29 is 14.3 Å². The fraction of sp³-hybridized carbons (Fsp3) is 0.440. The van der Waals surface area contributed by atoms with Gasteiger partial charge in [-0.25, -0.2) is 0 Å². The lowest BCUT2D eigenvalue weighted by Gasteiger charge is -2.11. The average Bonchev–Trinajstić information content (AvgIpc) is 2.74. The van der Waals surface area contributed by atoms with Gasteiger partial charge in [-0.15, -0.1) is 0 Å². The van der Waals surface area contributed by atoms with Gasteiger partial charge in [0, 0.05) is 23.5 Å². The van der Waals surface area contributed by atoms with E-state index in [-0.39, 0.29) is 18.4 Å². The van der Waals surface area contributed by atoms with Gasteiger partial charge < -0.3 is 20.7 Å². The monoisotopic (exact) mass is 425 g/mol. The zero-order valence-electron chi connectivity index (χ0n) is 18.9. The Hall–Kier alpha value is -3.02. The minimum Gasteiger partial charge on any atom is -0.494 e. The molecule has 0 bridgehead atoms. The lowest BCUT2D eigenvalue weighted by atomic mass is 10.1. The SMILES string of the molecule is CCCCCC(=O)Nc1cccc(NCC(=O)Nc2ccc(OCCC(C)C)cc2)c1. The Morgan fingerprint density at radius 3 is 2.32 bits per heavy atom. The number of unbranched alkanes of at least 4 members (excludes halogenated alkanes) is 2. The van der Waals surface area contributed by atoms with Crippen molar-refractivity contribution in [3.05, 3.63) is 48.5 Å². The molecular weight excluding hydrogens is 390 g/mol. The van der Waals surface area contributed by atoms with E-state index in [4.69, 9.17) is 4.74 Å². The van der Waals surface area contributed by atoms with Crippen molar-refractivity contribution in [3.63, 3.8) is 0 Å². The van der Waals surface area contributed by atoms with Crippen LogP contribution in [0.15, 0.2) is 48.5 Å². The molecule has 0 aliphatic heterocycles. The van der Waals surface area contributed by atoms with Crippen LogP contribution in [0.3, 0.4) is 0 Å². The summed E-state index contributed by atoms with van der Waals surface area (Å²) in [6.07, 6.45) is 4.57. The molecule has 168 valence electrons. The van der Waals surface area contributed by atoms with Crippen LogP contribution in [0.5, 0.6) is 5.75 Å². The number of amides is 2. The second-order valence-electron chi connectivity index (χ2n) is 8.04. The van der Waals surface area contributed by atoms with Crippen LogP contribution in [0.2, 0.25) is 0 Å². The van der Waals surface area contributed by atoms with Crippen LogP contribution in [-0.4, -0.2) is 25.0 Å². The van der Waals surface area contributed by atoms with Gasteiger partial charge in [0.05, 0.1) is 13.2 Å². The molecule has 2 aromatic carbocycles. The van der Waals surface area contributed by atoms with Crippen LogP contribution in [0, 0.1) is 5.92 Å². The quantitative estimate of drug-likeness (QED) is 0.361. The van der Waals surface area contributed by atoms with Gasteiger partial charge in [0.2, 0.25) is 11.8 Å². The predicted molar refractivity (Wildman–Crippen MR) is 128 cm³/mol. The normalized spacial score (nSPS) is 10.6. The highest BCUT2D eigenvalue weighted by atomic mass is 16.5. The van der Waals surface area contributed by atoms with E-state index in [1.165, 1.54) is 0 Å². The maximum absolute atomic E-state index is 12.3. The Balaban J connectivity index is 1.76. The molecule has 0 fully saturated rings. The van der Waals surface area contributed by atoms with E-state index in [1.54, 1.807) is 0 Å². The predicted octanol–water partition coefficient (Wildman–Crippen LogP) is 5.68. The van der Waals surface area contributed by atoms with E-state index in [0.29, 0.717) is 18.9 Å². The van der Waals surface area contributed by atoms with Crippen molar-refractivity contribution in [2.45, 2.75) is 52.9 Å². The molecular formula is C25H35N3O3. The van der Waals surface area contributed by atoms with Gasteiger partial charge >= 0.3 is 0 Å². The fourth-order valence-electron chi connectivity index (χ4n) is 2.90. The Kier molecular flexibility index (Phi) is 10.4. The summed E-state index contributed by atoms with van der Waals surface area (Å²) in [7, 11) is 0. The number of benzene rings is 2. The van der Waals surface area contributed by atoms with Crippen molar-refractivity contribution >= 4 is 28.9 Å². The van der Waals surface area contributed by atoms with Crippen LogP contribution >= 0.6 is 0 Å². The average molecular weight is 426 g/mol. The van der Waals surface area contributed by atoms with Crippen molar-refractivity contribution in [2.75, 3.05) is 29.1 Å². The molecule has 0 radical (unpaired) electrons. The summed E-state index contributed by atoms with van der Waals surface area (Å²) in [6, 6.07) is 14.8. The smallest absolute Gasteiger partial charge is 0.243 e. The number of hydrogen-bond donors (Lipinski definition) is 3. The Bertz CT molecular complexity index is 819. The lowest BCUT2D eigenvalue weighted by molar-refractivity contribution is -0.116. The zero-order valence-corrected chi connectivity index (χ0v) is 18.9. The molecule has 0 spiro atoms. The highest BCUT2D eigenvalue weighted by molar-refractivity contribution is 5.94. The minimum atomic E-state index is -0.150. The number of carbonyl (C=O) groups excluding carboxylic acids is 2. The molecule has 2 amide bonds. The van der Waals surface area contributed by atoms with Gasteiger partial charge in [-0.1, -0.05) is 39.7 Å². The van der Waals surface area contributed by atoms with Crippen LogP contribution in [0.25, 0.3) is 0 Å². The highest BCUT2D eigenvalue weighted by Gasteiger charge is 2.06. The molecule has 6 nitrogen and oxygen atoms in total.